The SMILES string of the molecule is CC/C=C\C/C=C\C/C=C\C/C=C\CCOC(OC)C(=O)O. The lowest BCUT2D eigenvalue weighted by atomic mass is 10.2. The highest BCUT2D eigenvalue weighted by molar-refractivity contribution is 5.70. The van der Waals surface area contributed by atoms with E-state index in [9.17, 15) is 4.79 Å². The van der Waals surface area contributed by atoms with Crippen molar-refractivity contribution in [1.82, 2.24) is 0 Å². The zero-order valence-electron chi connectivity index (χ0n) is 13.6. The van der Waals surface area contributed by atoms with Crippen LogP contribution in [0.4, 0.5) is 0 Å². The molecule has 0 aliphatic heterocycles. The molecular formula is C18H28O4. The van der Waals surface area contributed by atoms with E-state index in [0.717, 1.165) is 25.7 Å². The molecule has 0 aromatic rings. The maximum atomic E-state index is 10.6. The van der Waals surface area contributed by atoms with Gasteiger partial charge in [0.25, 0.3) is 6.29 Å². The van der Waals surface area contributed by atoms with E-state index in [1.165, 1.54) is 7.11 Å². The van der Waals surface area contributed by atoms with Gasteiger partial charge in [-0.3, -0.25) is 0 Å². The molecule has 0 saturated heterocycles. The van der Waals surface area contributed by atoms with Crippen molar-refractivity contribution in [1.29, 1.82) is 0 Å². The standard InChI is InChI=1S/C18H28O4/c1-3-4-5-6-7-8-9-10-11-12-13-14-15-16-22-18(21-2)17(19)20/h4-5,7-8,10-11,13-14,18H,3,6,9,12,15-16H2,1-2H3,(H,19,20)/b5-4-,8-7-,11-10-,14-13-. The fourth-order valence-electron chi connectivity index (χ4n) is 1.58. The van der Waals surface area contributed by atoms with Gasteiger partial charge in [-0.25, -0.2) is 4.79 Å². The van der Waals surface area contributed by atoms with Crippen molar-refractivity contribution < 1.29 is 19.4 Å². The first-order valence-electron chi connectivity index (χ1n) is 7.69. The highest BCUT2D eigenvalue weighted by atomic mass is 16.7. The van der Waals surface area contributed by atoms with E-state index in [2.05, 4.69) is 48.1 Å². The lowest BCUT2D eigenvalue weighted by Crippen LogP contribution is -2.25. The minimum absolute atomic E-state index is 0.332. The number of hydrogen-bond donors (Lipinski definition) is 1. The maximum absolute atomic E-state index is 10.6. The quantitative estimate of drug-likeness (QED) is 0.314. The van der Waals surface area contributed by atoms with E-state index < -0.39 is 12.3 Å². The molecule has 22 heavy (non-hydrogen) atoms. The molecule has 0 spiro atoms. The van der Waals surface area contributed by atoms with Gasteiger partial charge in [0.15, 0.2) is 0 Å². The second-order valence-corrected chi connectivity index (χ2v) is 4.57. The van der Waals surface area contributed by atoms with Crippen LogP contribution in [0.15, 0.2) is 48.6 Å². The average molecular weight is 308 g/mol. The Balaban J connectivity index is 3.56. The largest absolute Gasteiger partial charge is 0.477 e. The number of rotatable bonds is 13. The Kier molecular flexibility index (Phi) is 14.6. The van der Waals surface area contributed by atoms with Crippen LogP contribution in [0.3, 0.4) is 0 Å². The average Bonchev–Trinajstić information content (AvgIpc) is 2.51. The summed E-state index contributed by atoms with van der Waals surface area (Å²) in [4.78, 5) is 10.6. The first-order valence-corrected chi connectivity index (χ1v) is 7.69. The summed E-state index contributed by atoms with van der Waals surface area (Å²) in [6.07, 6.45) is 20.3. The lowest BCUT2D eigenvalue weighted by molar-refractivity contribution is -0.182. The molecule has 124 valence electrons. The summed E-state index contributed by atoms with van der Waals surface area (Å²) >= 11 is 0. The summed E-state index contributed by atoms with van der Waals surface area (Å²) < 4.78 is 9.70. The molecule has 0 aliphatic carbocycles. The number of carbonyl (C=O) groups is 1. The van der Waals surface area contributed by atoms with Crippen molar-refractivity contribution in [2.45, 2.75) is 45.3 Å². The van der Waals surface area contributed by atoms with Crippen LogP contribution in [-0.4, -0.2) is 31.1 Å². The monoisotopic (exact) mass is 308 g/mol. The van der Waals surface area contributed by atoms with Gasteiger partial charge in [-0.05, 0) is 32.1 Å². The van der Waals surface area contributed by atoms with E-state index in [4.69, 9.17) is 9.84 Å². The van der Waals surface area contributed by atoms with Crippen LogP contribution in [0.2, 0.25) is 0 Å². The fourth-order valence-corrected chi connectivity index (χ4v) is 1.58. The maximum Gasteiger partial charge on any atom is 0.361 e. The summed E-state index contributed by atoms with van der Waals surface area (Å²) in [5.41, 5.74) is 0. The van der Waals surface area contributed by atoms with Crippen LogP contribution >= 0.6 is 0 Å². The molecule has 1 atom stereocenters. The van der Waals surface area contributed by atoms with Crippen LogP contribution in [-0.2, 0) is 14.3 Å². The Morgan fingerprint density at radius 3 is 1.91 bits per heavy atom. The normalized spacial score (nSPS) is 13.9. The summed E-state index contributed by atoms with van der Waals surface area (Å²) in [6, 6.07) is 0. The van der Waals surface area contributed by atoms with Crippen molar-refractivity contribution in [3.63, 3.8) is 0 Å². The Morgan fingerprint density at radius 1 is 0.955 bits per heavy atom. The summed E-state index contributed by atoms with van der Waals surface area (Å²) in [7, 11) is 1.31. The first kappa shape index (κ1) is 20.3. The predicted molar refractivity (Wildman–Crippen MR) is 89.7 cm³/mol. The number of carboxylic acid groups (broad SMARTS) is 1. The van der Waals surface area contributed by atoms with E-state index in [1.807, 2.05) is 12.2 Å². The lowest BCUT2D eigenvalue weighted by Gasteiger charge is -2.09. The first-order chi connectivity index (χ1) is 10.7. The van der Waals surface area contributed by atoms with Crippen LogP contribution < -0.4 is 0 Å². The van der Waals surface area contributed by atoms with Crippen molar-refractivity contribution in [3.05, 3.63) is 48.6 Å². The van der Waals surface area contributed by atoms with Crippen LogP contribution in [0, 0.1) is 0 Å². The molecule has 0 aromatic carbocycles. The number of carboxylic acids is 1. The van der Waals surface area contributed by atoms with Gasteiger partial charge in [-0.1, -0.05) is 55.5 Å². The van der Waals surface area contributed by atoms with Crippen LogP contribution in [0.1, 0.15) is 39.0 Å². The summed E-state index contributed by atoms with van der Waals surface area (Å²) in [5, 5.41) is 8.69. The molecule has 1 unspecified atom stereocenters. The van der Waals surface area contributed by atoms with E-state index in [1.54, 1.807) is 0 Å². The Morgan fingerprint density at radius 2 is 1.45 bits per heavy atom. The molecule has 0 saturated carbocycles. The topological polar surface area (TPSA) is 55.8 Å². The molecule has 0 radical (unpaired) electrons. The van der Waals surface area contributed by atoms with E-state index >= 15 is 0 Å². The Hall–Kier alpha value is -1.65. The summed E-state index contributed by atoms with van der Waals surface area (Å²) in [5.74, 6) is -1.10. The predicted octanol–water partition coefficient (Wildman–Crippen LogP) is 4.26. The van der Waals surface area contributed by atoms with Crippen LogP contribution in [0.25, 0.3) is 0 Å². The van der Waals surface area contributed by atoms with Gasteiger partial charge in [-0.2, -0.15) is 0 Å². The van der Waals surface area contributed by atoms with Crippen molar-refractivity contribution in [3.8, 4) is 0 Å². The van der Waals surface area contributed by atoms with Gasteiger partial charge >= 0.3 is 5.97 Å². The van der Waals surface area contributed by atoms with Crippen molar-refractivity contribution >= 4 is 5.97 Å². The third-order valence-electron chi connectivity index (χ3n) is 2.69. The molecule has 0 aromatic heterocycles. The third-order valence-corrected chi connectivity index (χ3v) is 2.69. The van der Waals surface area contributed by atoms with Gasteiger partial charge < -0.3 is 14.6 Å². The van der Waals surface area contributed by atoms with Gasteiger partial charge in [-0.15, -0.1) is 0 Å². The highest BCUT2D eigenvalue weighted by Crippen LogP contribution is 1.97. The van der Waals surface area contributed by atoms with E-state index in [-0.39, 0.29) is 0 Å². The molecule has 4 heteroatoms. The molecule has 0 fully saturated rings. The molecule has 0 amide bonds. The van der Waals surface area contributed by atoms with E-state index in [0.29, 0.717) is 13.0 Å². The second-order valence-electron chi connectivity index (χ2n) is 4.57. The molecule has 0 heterocycles. The minimum atomic E-state index is -1.17. The molecule has 0 bridgehead atoms. The molecule has 0 rings (SSSR count). The highest BCUT2D eigenvalue weighted by Gasteiger charge is 2.15. The van der Waals surface area contributed by atoms with Gasteiger partial charge in [0.1, 0.15) is 0 Å². The molecular weight excluding hydrogens is 280 g/mol. The molecule has 4 nitrogen and oxygen atoms in total. The van der Waals surface area contributed by atoms with Crippen molar-refractivity contribution in [2.24, 2.45) is 0 Å². The van der Waals surface area contributed by atoms with Gasteiger partial charge in [0.2, 0.25) is 0 Å². The fraction of sp³-hybridized carbons (Fsp3) is 0.500. The number of methoxy groups -OCH3 is 1. The molecule has 1 N–H and O–H groups in total. The third kappa shape index (κ3) is 13.3. The number of ether oxygens (including phenoxy) is 2. The Bertz CT molecular complexity index is 381. The minimum Gasteiger partial charge on any atom is -0.477 e. The molecule has 0 aliphatic rings. The second kappa shape index (κ2) is 15.7. The van der Waals surface area contributed by atoms with Crippen LogP contribution in [0.5, 0.6) is 0 Å². The van der Waals surface area contributed by atoms with Gasteiger partial charge in [0, 0.05) is 7.11 Å². The zero-order chi connectivity index (χ0) is 16.5. The number of hydrogen-bond acceptors (Lipinski definition) is 3. The van der Waals surface area contributed by atoms with Crippen molar-refractivity contribution in [2.75, 3.05) is 13.7 Å². The number of aliphatic carboxylic acids is 1. The zero-order valence-corrected chi connectivity index (χ0v) is 13.6. The Labute approximate surface area is 133 Å². The number of allylic oxidation sites excluding steroid dienone is 7. The smallest absolute Gasteiger partial charge is 0.361 e. The summed E-state index contributed by atoms with van der Waals surface area (Å²) in [6.45, 7) is 2.46. The van der Waals surface area contributed by atoms with Gasteiger partial charge in [0.05, 0.1) is 6.61 Å².